The van der Waals surface area contributed by atoms with E-state index in [0.717, 1.165) is 5.69 Å². The van der Waals surface area contributed by atoms with Gasteiger partial charge in [0.25, 0.3) is 0 Å². The molecule has 0 fully saturated rings. The van der Waals surface area contributed by atoms with Gasteiger partial charge < -0.3 is 26.3 Å². The molecule has 0 saturated heterocycles. The van der Waals surface area contributed by atoms with Crippen molar-refractivity contribution in [2.45, 2.75) is 37.8 Å². The first-order valence-corrected chi connectivity index (χ1v) is 6.67. The number of nitrogens with two attached hydrogens (primary N) is 1. The Morgan fingerprint density at radius 1 is 1.43 bits per heavy atom. The highest BCUT2D eigenvalue weighted by molar-refractivity contribution is 5.81. The molecule has 0 aromatic carbocycles. The fraction of sp³-hybridized carbons (Fsp3) is 0.583. The maximum absolute atomic E-state index is 11.7. The van der Waals surface area contributed by atoms with Crippen LogP contribution in [0, 0.1) is 0 Å². The number of imidazole rings is 1. The highest BCUT2D eigenvalue weighted by Crippen LogP contribution is 2.01. The van der Waals surface area contributed by atoms with E-state index in [9.17, 15) is 9.59 Å². The Morgan fingerprint density at radius 3 is 2.76 bits per heavy atom. The van der Waals surface area contributed by atoms with Crippen molar-refractivity contribution in [1.82, 2.24) is 20.8 Å². The van der Waals surface area contributed by atoms with Gasteiger partial charge in [0.1, 0.15) is 6.04 Å². The van der Waals surface area contributed by atoms with Gasteiger partial charge >= 0.3 is 5.97 Å². The topological polar surface area (TPSA) is 153 Å². The van der Waals surface area contributed by atoms with E-state index in [1.165, 1.54) is 6.33 Å². The van der Waals surface area contributed by atoms with Gasteiger partial charge in [-0.05, 0) is 19.3 Å². The van der Waals surface area contributed by atoms with Crippen molar-refractivity contribution in [2.24, 2.45) is 5.73 Å². The highest BCUT2D eigenvalue weighted by atomic mass is 16.5. The Bertz CT molecular complexity index is 437. The summed E-state index contributed by atoms with van der Waals surface area (Å²) in [6, 6.07) is -1.64. The summed E-state index contributed by atoms with van der Waals surface area (Å²) in [5.41, 5.74) is 8.27. The molecule has 0 saturated carbocycles. The number of aromatic nitrogens is 2. The minimum absolute atomic E-state index is 0.264. The minimum atomic E-state index is -1.11. The molecule has 1 heterocycles. The third kappa shape index (κ3) is 6.34. The number of amides is 1. The molecule has 9 nitrogen and oxygen atoms in total. The monoisotopic (exact) mass is 299 g/mol. The van der Waals surface area contributed by atoms with Crippen LogP contribution in [-0.2, 0) is 16.0 Å². The Labute approximate surface area is 121 Å². The van der Waals surface area contributed by atoms with E-state index >= 15 is 0 Å². The van der Waals surface area contributed by atoms with Crippen LogP contribution in [0.15, 0.2) is 12.5 Å². The van der Waals surface area contributed by atoms with Crippen LogP contribution in [0.2, 0.25) is 0 Å². The number of carbonyl (C=O) groups excluding carboxylic acids is 1. The van der Waals surface area contributed by atoms with Gasteiger partial charge in [0.2, 0.25) is 5.91 Å². The molecule has 0 aliphatic rings. The lowest BCUT2D eigenvalue weighted by molar-refractivity contribution is -0.142. The fourth-order valence-corrected chi connectivity index (χ4v) is 1.79. The minimum Gasteiger partial charge on any atom is -0.480 e. The van der Waals surface area contributed by atoms with Crippen molar-refractivity contribution in [3.05, 3.63) is 18.2 Å². The normalized spacial score (nSPS) is 13.6. The lowest BCUT2D eigenvalue weighted by atomic mass is 10.1. The third-order valence-corrected chi connectivity index (χ3v) is 3.00. The van der Waals surface area contributed by atoms with Crippen LogP contribution in [-0.4, -0.2) is 50.8 Å². The van der Waals surface area contributed by atoms with Crippen molar-refractivity contribution in [3.8, 4) is 0 Å². The summed E-state index contributed by atoms with van der Waals surface area (Å²) in [6.45, 7) is 0.410. The molecule has 2 atom stereocenters. The van der Waals surface area contributed by atoms with Gasteiger partial charge in [0, 0.05) is 24.9 Å². The molecular formula is C12H21N5O4. The molecule has 0 aliphatic carbocycles. The van der Waals surface area contributed by atoms with Crippen LogP contribution in [0.3, 0.4) is 0 Å². The lowest BCUT2D eigenvalue weighted by Crippen LogP contribution is -2.42. The third-order valence-electron chi connectivity index (χ3n) is 3.00. The van der Waals surface area contributed by atoms with Gasteiger partial charge in [0.05, 0.1) is 12.4 Å². The zero-order valence-corrected chi connectivity index (χ0v) is 11.6. The van der Waals surface area contributed by atoms with E-state index in [2.05, 4.69) is 15.3 Å². The molecule has 1 aromatic heterocycles. The fourth-order valence-electron chi connectivity index (χ4n) is 1.79. The van der Waals surface area contributed by atoms with E-state index in [4.69, 9.17) is 16.0 Å². The van der Waals surface area contributed by atoms with E-state index in [0.29, 0.717) is 25.8 Å². The first kappa shape index (κ1) is 17.1. The summed E-state index contributed by atoms with van der Waals surface area (Å²) in [5.74, 6) is -1.37. The summed E-state index contributed by atoms with van der Waals surface area (Å²) >= 11 is 0. The van der Waals surface area contributed by atoms with Crippen LogP contribution in [0.4, 0.5) is 0 Å². The summed E-state index contributed by atoms with van der Waals surface area (Å²) in [7, 11) is 0. The summed E-state index contributed by atoms with van der Waals surface area (Å²) in [6.07, 6.45) is 4.95. The van der Waals surface area contributed by atoms with Crippen LogP contribution < -0.4 is 16.5 Å². The first-order valence-electron chi connectivity index (χ1n) is 6.67. The zero-order valence-electron chi connectivity index (χ0n) is 11.6. The number of H-pyrrole nitrogens is 1. The number of aliphatic carboxylic acids is 1. The van der Waals surface area contributed by atoms with E-state index in [1.807, 2.05) is 0 Å². The van der Waals surface area contributed by atoms with Crippen molar-refractivity contribution >= 4 is 11.9 Å². The lowest BCUT2D eigenvalue weighted by Gasteiger charge is -2.12. The number of carboxylic acids is 1. The summed E-state index contributed by atoms with van der Waals surface area (Å²) in [5, 5.41) is 20.0. The van der Waals surface area contributed by atoms with E-state index in [1.54, 1.807) is 11.7 Å². The maximum Gasteiger partial charge on any atom is 0.323 e. The zero-order chi connectivity index (χ0) is 15.7. The Morgan fingerprint density at radius 2 is 2.19 bits per heavy atom. The second-order valence-electron chi connectivity index (χ2n) is 4.69. The highest BCUT2D eigenvalue weighted by Gasteiger charge is 2.16. The van der Waals surface area contributed by atoms with Crippen LogP contribution in [0.5, 0.6) is 0 Å². The number of hydrogen-bond acceptors (Lipinski definition) is 6. The molecule has 118 valence electrons. The predicted octanol–water partition coefficient (Wildman–Crippen LogP) is -1.00. The first-order chi connectivity index (χ1) is 10.0. The Balaban J connectivity index is 2.14. The number of aromatic amines is 1. The van der Waals surface area contributed by atoms with Crippen LogP contribution >= 0.6 is 0 Å². The summed E-state index contributed by atoms with van der Waals surface area (Å²) < 4.78 is 0. The average molecular weight is 299 g/mol. The second kappa shape index (κ2) is 9.06. The van der Waals surface area contributed by atoms with E-state index < -0.39 is 18.1 Å². The summed E-state index contributed by atoms with van der Waals surface area (Å²) in [4.78, 5) is 29.1. The Hall–Kier alpha value is -1.97. The van der Waals surface area contributed by atoms with Gasteiger partial charge in [-0.15, -0.1) is 0 Å². The molecule has 1 amide bonds. The molecule has 1 rings (SSSR count). The number of hydrogen-bond donors (Lipinski definition) is 6. The standard InChI is InChI=1S/C12H21N5O4/c13-9(5-8-6-14-7-16-8)11(18)15-4-2-1-3-10(17-21)12(19)20/h6-7,9-10,17,21H,1-5,13H2,(H,14,16)(H,15,18)(H,19,20)/t9-,10-/m0/s1. The molecule has 0 spiro atoms. The molecule has 0 unspecified atom stereocenters. The molecule has 7 N–H and O–H groups in total. The molecular weight excluding hydrogens is 278 g/mol. The Kier molecular flexibility index (Phi) is 7.37. The molecule has 0 aliphatic heterocycles. The smallest absolute Gasteiger partial charge is 0.323 e. The van der Waals surface area contributed by atoms with Gasteiger partial charge in [-0.3, -0.25) is 9.59 Å². The van der Waals surface area contributed by atoms with Crippen molar-refractivity contribution < 1.29 is 19.9 Å². The molecule has 9 heteroatoms. The van der Waals surface area contributed by atoms with Crippen molar-refractivity contribution in [2.75, 3.05) is 6.54 Å². The SMILES string of the molecule is N[C@@H](Cc1cnc[nH]1)C(=O)NCCCC[C@H](NO)C(=O)O. The van der Waals surface area contributed by atoms with Crippen LogP contribution in [0.25, 0.3) is 0 Å². The molecule has 0 radical (unpaired) electrons. The van der Waals surface area contributed by atoms with Gasteiger partial charge in [-0.25, -0.2) is 4.98 Å². The van der Waals surface area contributed by atoms with Crippen molar-refractivity contribution in [3.63, 3.8) is 0 Å². The van der Waals surface area contributed by atoms with Gasteiger partial charge in [-0.2, -0.15) is 5.48 Å². The van der Waals surface area contributed by atoms with Gasteiger partial charge in [-0.1, -0.05) is 0 Å². The number of hydroxylamine groups is 1. The number of carboxylic acid groups (broad SMARTS) is 1. The number of carbonyl (C=O) groups is 2. The maximum atomic E-state index is 11.7. The number of rotatable bonds is 10. The molecule has 1 aromatic rings. The second-order valence-corrected chi connectivity index (χ2v) is 4.69. The quantitative estimate of drug-likeness (QED) is 0.239. The molecule has 0 bridgehead atoms. The average Bonchev–Trinajstić information content (AvgIpc) is 2.94. The number of nitrogens with zero attached hydrogens (tertiary/aromatic N) is 1. The number of unbranched alkanes of at least 4 members (excludes halogenated alkanes) is 1. The largest absolute Gasteiger partial charge is 0.480 e. The number of nitrogens with one attached hydrogen (secondary N) is 3. The van der Waals surface area contributed by atoms with Gasteiger partial charge in [0.15, 0.2) is 0 Å². The molecule has 21 heavy (non-hydrogen) atoms. The predicted molar refractivity (Wildman–Crippen MR) is 73.5 cm³/mol. The van der Waals surface area contributed by atoms with Crippen molar-refractivity contribution in [1.29, 1.82) is 0 Å². The van der Waals surface area contributed by atoms with E-state index in [-0.39, 0.29) is 12.3 Å². The van der Waals surface area contributed by atoms with Crippen LogP contribution in [0.1, 0.15) is 25.0 Å².